The number of nitrogens with one attached hydrogen (secondary N) is 2. The summed E-state index contributed by atoms with van der Waals surface area (Å²) in [7, 11) is -4.47. The average molecular weight is 489 g/mol. The summed E-state index contributed by atoms with van der Waals surface area (Å²) in [6.07, 6.45) is -1.25. The Bertz CT molecular complexity index is 870. The topological polar surface area (TPSA) is 75.3 Å². The van der Waals surface area contributed by atoms with Crippen LogP contribution in [0.2, 0.25) is 0 Å². The molecule has 0 bridgehead atoms. The predicted octanol–water partition coefficient (Wildman–Crippen LogP) is 4.11. The number of sulfonamides is 1. The number of benzene rings is 1. The molecule has 0 saturated heterocycles. The summed E-state index contributed by atoms with van der Waals surface area (Å²) >= 11 is 3.01. The van der Waals surface area contributed by atoms with Crippen molar-refractivity contribution in [1.29, 1.82) is 0 Å². The predicted molar refractivity (Wildman–Crippen MR) is 101 cm³/mol. The van der Waals surface area contributed by atoms with Gasteiger partial charge in [0.1, 0.15) is 0 Å². The summed E-state index contributed by atoms with van der Waals surface area (Å²) in [5, 5.41) is 0.652. The molecule has 11 heteroatoms. The zero-order valence-electron chi connectivity index (χ0n) is 15.5. The monoisotopic (exact) mass is 488 g/mol. The van der Waals surface area contributed by atoms with Crippen LogP contribution in [0.4, 0.5) is 23.2 Å². The van der Waals surface area contributed by atoms with Crippen molar-refractivity contribution in [3.8, 4) is 0 Å². The van der Waals surface area contributed by atoms with Crippen molar-refractivity contribution in [3.63, 3.8) is 0 Å². The number of carbonyl (C=O) groups excluding carboxylic acids is 1. The molecule has 1 atom stereocenters. The summed E-state index contributed by atoms with van der Waals surface area (Å²) in [4.78, 5) is 12.5. The van der Waals surface area contributed by atoms with Gasteiger partial charge in [0, 0.05) is 28.9 Å². The summed E-state index contributed by atoms with van der Waals surface area (Å²) < 4.78 is 81.5. The maximum atomic E-state index is 14.2. The lowest BCUT2D eigenvalue weighted by atomic mass is 9.88. The molecular formula is C17H21BrF4N2O3S. The molecule has 2 rings (SSSR count). The first-order chi connectivity index (χ1) is 12.7. The molecule has 158 valence electrons. The quantitative estimate of drug-likeness (QED) is 0.448. The summed E-state index contributed by atoms with van der Waals surface area (Å²) in [5.74, 6) is -6.69. The van der Waals surface area contributed by atoms with Gasteiger partial charge in [-0.05, 0) is 25.3 Å². The normalized spacial score (nSPS) is 17.9. The molecule has 0 unspecified atom stereocenters. The van der Waals surface area contributed by atoms with E-state index in [1.54, 1.807) is 13.8 Å². The van der Waals surface area contributed by atoms with E-state index >= 15 is 0 Å². The Balaban J connectivity index is 2.26. The molecule has 28 heavy (non-hydrogen) atoms. The fourth-order valence-corrected chi connectivity index (χ4v) is 4.83. The molecule has 0 heterocycles. The minimum absolute atomic E-state index is 0.0390. The Morgan fingerprint density at radius 2 is 1.86 bits per heavy atom. The van der Waals surface area contributed by atoms with E-state index in [0.29, 0.717) is 0 Å². The first-order valence-corrected chi connectivity index (χ1v) is 10.9. The van der Waals surface area contributed by atoms with E-state index in [1.165, 1.54) is 6.92 Å². The summed E-state index contributed by atoms with van der Waals surface area (Å²) in [6, 6.07) is 0.234. The summed E-state index contributed by atoms with van der Waals surface area (Å²) in [6.45, 7) is 4.66. The zero-order chi connectivity index (χ0) is 21.4. The molecule has 0 aliphatic heterocycles. The largest absolute Gasteiger partial charge is 0.352 e. The number of alkyl halides is 2. The highest BCUT2D eigenvalue weighted by Crippen LogP contribution is 2.37. The van der Waals surface area contributed by atoms with E-state index in [0.717, 1.165) is 6.07 Å². The van der Waals surface area contributed by atoms with Crippen LogP contribution in [0.15, 0.2) is 10.5 Å². The van der Waals surface area contributed by atoms with Crippen molar-refractivity contribution in [2.45, 2.75) is 57.2 Å². The van der Waals surface area contributed by atoms with Crippen LogP contribution in [0.1, 0.15) is 38.7 Å². The van der Waals surface area contributed by atoms with Gasteiger partial charge >= 0.3 is 0 Å². The Morgan fingerprint density at radius 1 is 1.29 bits per heavy atom. The van der Waals surface area contributed by atoms with Crippen molar-refractivity contribution < 1.29 is 30.8 Å². The van der Waals surface area contributed by atoms with Gasteiger partial charge in [0.25, 0.3) is 5.92 Å². The lowest BCUT2D eigenvalue weighted by molar-refractivity contribution is -0.129. The van der Waals surface area contributed by atoms with E-state index in [-0.39, 0.29) is 22.4 Å². The summed E-state index contributed by atoms with van der Waals surface area (Å²) in [5.41, 5.74) is -0.686. The van der Waals surface area contributed by atoms with Crippen LogP contribution in [-0.2, 0) is 14.8 Å². The maximum absolute atomic E-state index is 14.2. The number of anilines is 1. The van der Waals surface area contributed by atoms with Crippen LogP contribution >= 0.6 is 15.9 Å². The second kappa shape index (κ2) is 8.17. The van der Waals surface area contributed by atoms with Gasteiger partial charge in [-0.3, -0.25) is 9.52 Å². The Kier molecular flexibility index (Phi) is 6.69. The Labute approximate surface area is 169 Å². The number of amides is 1. The third-order valence-electron chi connectivity index (χ3n) is 4.43. The molecule has 0 aromatic heterocycles. The number of rotatable bonds is 7. The molecular weight excluding hydrogens is 468 g/mol. The van der Waals surface area contributed by atoms with Gasteiger partial charge in [-0.15, -0.1) is 0 Å². The van der Waals surface area contributed by atoms with Crippen LogP contribution in [-0.4, -0.2) is 31.5 Å². The van der Waals surface area contributed by atoms with Crippen LogP contribution in [0.25, 0.3) is 0 Å². The van der Waals surface area contributed by atoms with E-state index in [4.69, 9.17) is 0 Å². The minimum Gasteiger partial charge on any atom is -0.352 e. The SMILES string of the molecule is Cc1c(Br)cc(NS(=O)(=O)[C@H](CC(C)C)C(=O)NC2CC(F)(F)C2)c(F)c1F. The molecule has 1 aliphatic carbocycles. The van der Waals surface area contributed by atoms with Gasteiger partial charge in [-0.25, -0.2) is 26.0 Å². The fourth-order valence-electron chi connectivity index (χ4n) is 2.84. The molecule has 0 spiro atoms. The van der Waals surface area contributed by atoms with E-state index < -0.39 is 63.3 Å². The van der Waals surface area contributed by atoms with Gasteiger partial charge < -0.3 is 5.32 Å². The molecule has 1 aromatic rings. The van der Waals surface area contributed by atoms with Crippen LogP contribution < -0.4 is 10.0 Å². The minimum atomic E-state index is -4.47. The van der Waals surface area contributed by atoms with Crippen molar-refractivity contribution in [2.75, 3.05) is 4.72 Å². The number of hydrogen-bond donors (Lipinski definition) is 2. The number of carbonyl (C=O) groups is 1. The molecule has 1 saturated carbocycles. The molecule has 1 aromatic carbocycles. The average Bonchev–Trinajstić information content (AvgIpc) is 2.53. The highest BCUT2D eigenvalue weighted by atomic mass is 79.9. The van der Waals surface area contributed by atoms with Crippen molar-refractivity contribution in [2.24, 2.45) is 5.92 Å². The van der Waals surface area contributed by atoms with Crippen molar-refractivity contribution >= 4 is 37.5 Å². The van der Waals surface area contributed by atoms with Crippen LogP contribution in [0.5, 0.6) is 0 Å². The maximum Gasteiger partial charge on any atom is 0.252 e. The van der Waals surface area contributed by atoms with E-state index in [2.05, 4.69) is 21.2 Å². The fraction of sp³-hybridized carbons (Fsp3) is 0.588. The zero-order valence-corrected chi connectivity index (χ0v) is 17.9. The Morgan fingerprint density at radius 3 is 2.36 bits per heavy atom. The lowest BCUT2D eigenvalue weighted by Crippen LogP contribution is -2.54. The first-order valence-electron chi connectivity index (χ1n) is 8.57. The molecule has 2 N–H and O–H groups in total. The first kappa shape index (κ1) is 22.9. The second-order valence-electron chi connectivity index (χ2n) is 7.39. The van der Waals surface area contributed by atoms with Gasteiger partial charge in [0.15, 0.2) is 16.9 Å². The molecule has 5 nitrogen and oxygen atoms in total. The highest BCUT2D eigenvalue weighted by molar-refractivity contribution is 9.10. The smallest absolute Gasteiger partial charge is 0.252 e. The number of hydrogen-bond acceptors (Lipinski definition) is 3. The molecule has 1 fully saturated rings. The van der Waals surface area contributed by atoms with E-state index in [9.17, 15) is 30.8 Å². The molecule has 1 aliphatic rings. The number of halogens is 5. The molecule has 0 radical (unpaired) electrons. The van der Waals surface area contributed by atoms with Gasteiger partial charge in [0.05, 0.1) is 5.69 Å². The van der Waals surface area contributed by atoms with Crippen molar-refractivity contribution in [1.82, 2.24) is 5.32 Å². The van der Waals surface area contributed by atoms with Gasteiger partial charge in [-0.1, -0.05) is 29.8 Å². The Hall–Kier alpha value is -1.36. The third kappa shape index (κ3) is 5.16. The van der Waals surface area contributed by atoms with Gasteiger partial charge in [0.2, 0.25) is 15.9 Å². The van der Waals surface area contributed by atoms with E-state index in [1.807, 2.05) is 4.72 Å². The highest BCUT2D eigenvalue weighted by Gasteiger charge is 2.47. The third-order valence-corrected chi connectivity index (χ3v) is 6.91. The second-order valence-corrected chi connectivity index (χ2v) is 10.1. The standard InChI is InChI=1S/C17H21BrF4N2O3S/c1-8(2)4-13(16(25)23-10-6-17(21,22)7-10)28(26,27)24-12-5-11(18)9(3)14(19)15(12)20/h5,8,10,13,24H,4,6-7H2,1-3H3,(H,23,25)/t13-/m1/s1. The van der Waals surface area contributed by atoms with Crippen molar-refractivity contribution in [3.05, 3.63) is 27.7 Å². The van der Waals surface area contributed by atoms with Crippen LogP contribution in [0.3, 0.4) is 0 Å². The lowest BCUT2D eigenvalue weighted by Gasteiger charge is -2.36. The van der Waals surface area contributed by atoms with Crippen LogP contribution in [0, 0.1) is 24.5 Å². The molecule has 1 amide bonds. The van der Waals surface area contributed by atoms with Gasteiger partial charge in [-0.2, -0.15) is 0 Å².